The van der Waals surface area contributed by atoms with Crippen molar-refractivity contribution in [3.05, 3.63) is 29.8 Å². The van der Waals surface area contributed by atoms with E-state index in [4.69, 9.17) is 4.74 Å². The molecule has 1 aromatic heterocycles. The second kappa shape index (κ2) is 6.14. The Balaban J connectivity index is 1.87. The molecule has 9 heteroatoms. The van der Waals surface area contributed by atoms with Gasteiger partial charge in [0.1, 0.15) is 0 Å². The molecule has 0 spiro atoms. The topological polar surface area (TPSA) is 88.6 Å². The number of nitrogens with zero attached hydrogens (tertiary/aromatic N) is 2. The van der Waals surface area contributed by atoms with E-state index < -0.39 is 33.9 Å². The lowest BCUT2D eigenvalue weighted by molar-refractivity contribution is -0.0156. The number of carbonyl (C=O) groups is 1. The normalized spacial score (nSPS) is 27.7. The predicted molar refractivity (Wildman–Crippen MR) is 79.8 cm³/mol. The Labute approximate surface area is 133 Å². The fourth-order valence-corrected chi connectivity index (χ4v) is 4.03. The first-order chi connectivity index (χ1) is 10.9. The summed E-state index contributed by atoms with van der Waals surface area (Å²) in [6, 6.07) is 0.542. The molecule has 0 aromatic carbocycles. The Morgan fingerprint density at radius 2 is 2.30 bits per heavy atom. The summed E-state index contributed by atoms with van der Waals surface area (Å²) in [5.41, 5.74) is -0.0654. The second-order valence-electron chi connectivity index (χ2n) is 5.85. The third-order valence-electron chi connectivity index (χ3n) is 4.15. The van der Waals surface area contributed by atoms with Crippen LogP contribution in [0.4, 0.5) is 4.39 Å². The van der Waals surface area contributed by atoms with Crippen molar-refractivity contribution in [1.29, 1.82) is 0 Å². The predicted octanol–water partition coefficient (Wildman–Crippen LogP) is 0.142. The van der Waals surface area contributed by atoms with Crippen LogP contribution in [0.3, 0.4) is 0 Å². The van der Waals surface area contributed by atoms with Crippen LogP contribution >= 0.6 is 0 Å². The largest absolute Gasteiger partial charge is 0.374 e. The number of aromatic nitrogens is 1. The SMILES string of the molecule is CS(=O)(=O)N[C@@H]1CN(C(=O)c2ccncc2F)[C@@H]2CCCO[C@@H]21. The molecule has 2 aliphatic heterocycles. The van der Waals surface area contributed by atoms with Gasteiger partial charge in [0.05, 0.1) is 36.2 Å². The van der Waals surface area contributed by atoms with E-state index in [-0.39, 0.29) is 18.2 Å². The Bertz CT molecular complexity index is 712. The van der Waals surface area contributed by atoms with Crippen LogP contribution in [0.15, 0.2) is 18.5 Å². The van der Waals surface area contributed by atoms with Crippen molar-refractivity contribution in [1.82, 2.24) is 14.6 Å². The number of rotatable bonds is 3. The molecule has 3 heterocycles. The first-order valence-corrected chi connectivity index (χ1v) is 9.25. The quantitative estimate of drug-likeness (QED) is 0.843. The smallest absolute Gasteiger partial charge is 0.257 e. The third-order valence-corrected chi connectivity index (χ3v) is 4.88. The van der Waals surface area contributed by atoms with E-state index in [1.165, 1.54) is 17.2 Å². The van der Waals surface area contributed by atoms with Gasteiger partial charge in [0.15, 0.2) is 5.82 Å². The number of nitrogens with one attached hydrogen (secondary N) is 1. The lowest BCUT2D eigenvalue weighted by Gasteiger charge is -2.32. The van der Waals surface area contributed by atoms with Crippen LogP contribution in [-0.2, 0) is 14.8 Å². The number of carbonyl (C=O) groups excluding carboxylic acids is 1. The molecule has 3 atom stereocenters. The Kier molecular flexibility index (Phi) is 4.35. The van der Waals surface area contributed by atoms with Gasteiger partial charge in [-0.1, -0.05) is 0 Å². The van der Waals surface area contributed by atoms with Crippen LogP contribution in [-0.4, -0.2) is 61.8 Å². The highest BCUT2D eigenvalue weighted by Gasteiger charge is 2.47. The van der Waals surface area contributed by atoms with Gasteiger partial charge in [0.2, 0.25) is 10.0 Å². The maximum absolute atomic E-state index is 13.8. The van der Waals surface area contributed by atoms with E-state index in [1.807, 2.05) is 0 Å². The van der Waals surface area contributed by atoms with Crippen LogP contribution < -0.4 is 4.72 Å². The standard InChI is InChI=1S/C14H18FN3O4S/c1-23(20,21)17-11-8-18(12-3-2-6-22-13(11)12)14(19)9-4-5-16-7-10(9)15/h4-5,7,11-13,17H,2-3,6,8H2,1H3/t11-,12-,13-/m1/s1. The number of hydrogen-bond acceptors (Lipinski definition) is 5. The minimum absolute atomic E-state index is 0.0654. The molecular formula is C14H18FN3O4S. The van der Waals surface area contributed by atoms with Gasteiger partial charge >= 0.3 is 0 Å². The third kappa shape index (κ3) is 3.36. The van der Waals surface area contributed by atoms with Crippen molar-refractivity contribution < 1.29 is 22.3 Å². The van der Waals surface area contributed by atoms with Crippen LogP contribution in [0.1, 0.15) is 23.2 Å². The summed E-state index contributed by atoms with van der Waals surface area (Å²) in [7, 11) is -3.43. The van der Waals surface area contributed by atoms with Gasteiger partial charge in [-0.2, -0.15) is 0 Å². The van der Waals surface area contributed by atoms with Crippen molar-refractivity contribution in [3.63, 3.8) is 0 Å². The van der Waals surface area contributed by atoms with Gasteiger partial charge in [0.25, 0.3) is 5.91 Å². The highest BCUT2D eigenvalue weighted by molar-refractivity contribution is 7.88. The minimum Gasteiger partial charge on any atom is -0.374 e. The van der Waals surface area contributed by atoms with Gasteiger partial charge in [-0.15, -0.1) is 0 Å². The molecule has 2 fully saturated rings. The van der Waals surface area contributed by atoms with E-state index in [0.29, 0.717) is 13.0 Å². The van der Waals surface area contributed by atoms with Gasteiger partial charge in [-0.05, 0) is 18.9 Å². The van der Waals surface area contributed by atoms with Crippen LogP contribution in [0.5, 0.6) is 0 Å². The molecule has 1 aromatic rings. The molecule has 23 heavy (non-hydrogen) atoms. The molecule has 1 N–H and O–H groups in total. The monoisotopic (exact) mass is 343 g/mol. The average Bonchev–Trinajstić information content (AvgIpc) is 2.84. The number of halogens is 1. The lowest BCUT2D eigenvalue weighted by Crippen LogP contribution is -2.47. The van der Waals surface area contributed by atoms with E-state index in [9.17, 15) is 17.6 Å². The summed E-state index contributed by atoms with van der Waals surface area (Å²) < 4.78 is 45.1. The number of hydrogen-bond donors (Lipinski definition) is 1. The van der Waals surface area contributed by atoms with Crippen molar-refractivity contribution in [2.24, 2.45) is 0 Å². The van der Waals surface area contributed by atoms with Crippen molar-refractivity contribution in [3.8, 4) is 0 Å². The maximum atomic E-state index is 13.8. The Morgan fingerprint density at radius 1 is 1.52 bits per heavy atom. The van der Waals surface area contributed by atoms with Crippen molar-refractivity contribution in [2.45, 2.75) is 31.0 Å². The highest BCUT2D eigenvalue weighted by Crippen LogP contribution is 2.30. The zero-order chi connectivity index (χ0) is 16.6. The van der Waals surface area contributed by atoms with Crippen LogP contribution in [0.25, 0.3) is 0 Å². The minimum atomic E-state index is -3.43. The number of likely N-dealkylation sites (tertiary alicyclic amines) is 1. The molecule has 0 radical (unpaired) electrons. The van der Waals surface area contributed by atoms with Gasteiger partial charge in [0, 0.05) is 19.3 Å². The second-order valence-corrected chi connectivity index (χ2v) is 7.63. The Hall–Kier alpha value is -1.58. The van der Waals surface area contributed by atoms with Gasteiger partial charge < -0.3 is 9.64 Å². The molecule has 0 aliphatic carbocycles. The summed E-state index contributed by atoms with van der Waals surface area (Å²) in [5, 5.41) is 0. The lowest BCUT2D eigenvalue weighted by atomic mass is 10.0. The fourth-order valence-electron chi connectivity index (χ4n) is 3.27. The molecule has 2 saturated heterocycles. The number of ether oxygens (including phenoxy) is 1. The molecule has 0 saturated carbocycles. The van der Waals surface area contributed by atoms with Gasteiger partial charge in [-0.25, -0.2) is 17.5 Å². The molecule has 126 valence electrons. The van der Waals surface area contributed by atoms with Crippen LogP contribution in [0, 0.1) is 5.82 Å². The maximum Gasteiger partial charge on any atom is 0.257 e. The van der Waals surface area contributed by atoms with Crippen molar-refractivity contribution >= 4 is 15.9 Å². The Morgan fingerprint density at radius 3 is 3.00 bits per heavy atom. The van der Waals surface area contributed by atoms with Crippen molar-refractivity contribution in [2.75, 3.05) is 19.4 Å². The first-order valence-electron chi connectivity index (χ1n) is 7.36. The summed E-state index contributed by atoms with van der Waals surface area (Å²) >= 11 is 0. The number of sulfonamides is 1. The summed E-state index contributed by atoms with van der Waals surface area (Å²) in [4.78, 5) is 17.8. The zero-order valence-electron chi connectivity index (χ0n) is 12.6. The molecule has 0 bridgehead atoms. The molecule has 1 amide bonds. The molecular weight excluding hydrogens is 325 g/mol. The summed E-state index contributed by atoms with van der Waals surface area (Å²) in [5.74, 6) is -1.16. The van der Waals surface area contributed by atoms with Crippen LogP contribution in [0.2, 0.25) is 0 Å². The molecule has 3 rings (SSSR count). The van der Waals surface area contributed by atoms with E-state index >= 15 is 0 Å². The molecule has 7 nitrogen and oxygen atoms in total. The number of fused-ring (bicyclic) bond motifs is 1. The van der Waals surface area contributed by atoms with E-state index in [2.05, 4.69) is 9.71 Å². The average molecular weight is 343 g/mol. The van der Waals surface area contributed by atoms with E-state index in [1.54, 1.807) is 0 Å². The highest BCUT2D eigenvalue weighted by atomic mass is 32.2. The first kappa shape index (κ1) is 16.3. The summed E-state index contributed by atoms with van der Waals surface area (Å²) in [6.45, 7) is 0.678. The fraction of sp³-hybridized carbons (Fsp3) is 0.571. The number of pyridine rings is 1. The van der Waals surface area contributed by atoms with E-state index in [0.717, 1.165) is 18.9 Å². The zero-order valence-corrected chi connectivity index (χ0v) is 13.4. The molecule has 2 aliphatic rings. The summed E-state index contributed by atoms with van der Waals surface area (Å²) in [6.07, 6.45) is 4.48. The number of amides is 1. The van der Waals surface area contributed by atoms with Gasteiger partial charge in [-0.3, -0.25) is 9.78 Å². The molecule has 0 unspecified atom stereocenters.